The third-order valence-corrected chi connectivity index (χ3v) is 4.45. The molecule has 0 aliphatic carbocycles. The van der Waals surface area contributed by atoms with Crippen molar-refractivity contribution in [3.8, 4) is 11.3 Å². The highest BCUT2D eigenvalue weighted by Crippen LogP contribution is 2.26. The maximum absolute atomic E-state index is 13.9. The van der Waals surface area contributed by atoms with E-state index in [4.69, 9.17) is 4.42 Å². The van der Waals surface area contributed by atoms with Crippen LogP contribution in [0.1, 0.15) is 23.4 Å². The lowest BCUT2D eigenvalue weighted by Gasteiger charge is -2.32. The number of piperidine rings is 1. The van der Waals surface area contributed by atoms with Gasteiger partial charge in [-0.1, -0.05) is 12.1 Å². The Morgan fingerprint density at radius 3 is 2.68 bits per heavy atom. The minimum absolute atomic E-state index is 0.0315. The van der Waals surface area contributed by atoms with Gasteiger partial charge < -0.3 is 14.2 Å². The van der Waals surface area contributed by atoms with Crippen LogP contribution in [0.25, 0.3) is 11.3 Å². The molecule has 0 spiro atoms. The van der Waals surface area contributed by atoms with Gasteiger partial charge in [0.1, 0.15) is 11.6 Å². The van der Waals surface area contributed by atoms with E-state index in [1.807, 2.05) is 0 Å². The number of likely N-dealkylation sites (tertiary alicyclic amines) is 1. The lowest BCUT2D eigenvalue weighted by Crippen LogP contribution is -2.45. The first-order valence-corrected chi connectivity index (χ1v) is 8.32. The number of hydrogen-bond acceptors (Lipinski definition) is 3. The van der Waals surface area contributed by atoms with Gasteiger partial charge in [-0.15, -0.1) is 0 Å². The number of rotatable bonds is 3. The smallest absolute Gasteiger partial charge is 0.289 e. The number of amides is 2. The first-order chi connectivity index (χ1) is 12.0. The molecule has 6 heteroatoms. The second kappa shape index (κ2) is 7.09. The van der Waals surface area contributed by atoms with Gasteiger partial charge in [-0.3, -0.25) is 9.59 Å². The van der Waals surface area contributed by atoms with E-state index in [0.717, 1.165) is 12.8 Å². The van der Waals surface area contributed by atoms with Gasteiger partial charge in [0.2, 0.25) is 5.91 Å². The Morgan fingerprint density at radius 1 is 1.20 bits per heavy atom. The summed E-state index contributed by atoms with van der Waals surface area (Å²) in [6.45, 7) is 0.970. The van der Waals surface area contributed by atoms with Gasteiger partial charge in [0.05, 0.1) is 11.5 Å². The zero-order valence-corrected chi connectivity index (χ0v) is 14.4. The van der Waals surface area contributed by atoms with E-state index in [0.29, 0.717) is 24.4 Å². The van der Waals surface area contributed by atoms with Crippen LogP contribution in [-0.2, 0) is 4.79 Å². The third-order valence-electron chi connectivity index (χ3n) is 4.45. The number of nitrogens with zero attached hydrogens (tertiary/aromatic N) is 2. The molecule has 1 aromatic carbocycles. The Morgan fingerprint density at radius 2 is 1.96 bits per heavy atom. The van der Waals surface area contributed by atoms with Crippen LogP contribution in [0, 0.1) is 11.7 Å². The predicted molar refractivity (Wildman–Crippen MR) is 91.4 cm³/mol. The highest BCUT2D eigenvalue weighted by Gasteiger charge is 2.31. The van der Waals surface area contributed by atoms with Crippen molar-refractivity contribution in [2.75, 3.05) is 27.2 Å². The molecule has 1 saturated heterocycles. The zero-order chi connectivity index (χ0) is 18.0. The molecule has 1 aliphatic rings. The summed E-state index contributed by atoms with van der Waals surface area (Å²) < 4.78 is 19.4. The molecular formula is C19H21FN2O3. The lowest BCUT2D eigenvalue weighted by atomic mass is 9.96. The average Bonchev–Trinajstić information content (AvgIpc) is 3.10. The van der Waals surface area contributed by atoms with Crippen molar-refractivity contribution in [1.82, 2.24) is 9.80 Å². The molecule has 132 valence electrons. The molecule has 1 atom stereocenters. The Labute approximate surface area is 146 Å². The van der Waals surface area contributed by atoms with Crippen LogP contribution in [0.15, 0.2) is 40.8 Å². The molecule has 2 aromatic rings. The van der Waals surface area contributed by atoms with Gasteiger partial charge in [-0.2, -0.15) is 0 Å². The second-order valence-corrected chi connectivity index (χ2v) is 6.47. The molecule has 2 heterocycles. The van der Waals surface area contributed by atoms with E-state index in [9.17, 15) is 14.0 Å². The van der Waals surface area contributed by atoms with Crippen molar-refractivity contribution >= 4 is 11.8 Å². The number of carbonyl (C=O) groups excluding carboxylic acids is 2. The van der Waals surface area contributed by atoms with Crippen LogP contribution in [0.2, 0.25) is 0 Å². The van der Waals surface area contributed by atoms with Crippen molar-refractivity contribution in [1.29, 1.82) is 0 Å². The van der Waals surface area contributed by atoms with Crippen molar-refractivity contribution in [2.24, 2.45) is 5.92 Å². The summed E-state index contributed by atoms with van der Waals surface area (Å²) in [5.41, 5.74) is 0.320. The Balaban J connectivity index is 1.75. The van der Waals surface area contributed by atoms with Gasteiger partial charge >= 0.3 is 0 Å². The van der Waals surface area contributed by atoms with E-state index in [1.165, 1.54) is 6.07 Å². The van der Waals surface area contributed by atoms with Gasteiger partial charge in [-0.25, -0.2) is 4.39 Å². The van der Waals surface area contributed by atoms with Crippen LogP contribution in [0.4, 0.5) is 4.39 Å². The summed E-state index contributed by atoms with van der Waals surface area (Å²) in [4.78, 5) is 28.0. The van der Waals surface area contributed by atoms with Crippen molar-refractivity contribution in [2.45, 2.75) is 12.8 Å². The monoisotopic (exact) mass is 344 g/mol. The number of benzene rings is 1. The quantitative estimate of drug-likeness (QED) is 0.860. The number of carbonyl (C=O) groups is 2. The predicted octanol–water partition coefficient (Wildman–Crippen LogP) is 3.03. The van der Waals surface area contributed by atoms with Crippen LogP contribution < -0.4 is 0 Å². The molecule has 0 saturated carbocycles. The fourth-order valence-corrected chi connectivity index (χ4v) is 3.14. The first kappa shape index (κ1) is 17.2. The fraction of sp³-hybridized carbons (Fsp3) is 0.368. The van der Waals surface area contributed by atoms with Crippen LogP contribution in [0.5, 0.6) is 0 Å². The standard InChI is InChI=1S/C19H21FN2O3/c1-21(2)18(23)13-6-5-11-22(12-13)19(24)17-10-9-16(25-17)14-7-3-4-8-15(14)20/h3-4,7-10,13H,5-6,11-12H2,1-2H3/t13-/m0/s1. The van der Waals surface area contributed by atoms with Crippen LogP contribution >= 0.6 is 0 Å². The summed E-state index contributed by atoms with van der Waals surface area (Å²) in [5, 5.41) is 0. The van der Waals surface area contributed by atoms with Crippen LogP contribution in [0.3, 0.4) is 0 Å². The minimum Gasteiger partial charge on any atom is -0.451 e. The van der Waals surface area contributed by atoms with Crippen molar-refractivity contribution in [3.05, 3.63) is 48.0 Å². The topological polar surface area (TPSA) is 53.8 Å². The maximum atomic E-state index is 13.9. The highest BCUT2D eigenvalue weighted by atomic mass is 19.1. The molecule has 0 N–H and O–H groups in total. The number of furan rings is 1. The van der Waals surface area contributed by atoms with E-state index >= 15 is 0 Å². The molecule has 0 radical (unpaired) electrons. The molecule has 1 fully saturated rings. The Hall–Kier alpha value is -2.63. The fourth-order valence-electron chi connectivity index (χ4n) is 3.14. The maximum Gasteiger partial charge on any atom is 0.289 e. The van der Waals surface area contributed by atoms with E-state index < -0.39 is 5.82 Å². The van der Waals surface area contributed by atoms with Gasteiger partial charge in [0.25, 0.3) is 5.91 Å². The minimum atomic E-state index is -0.398. The molecule has 5 nitrogen and oxygen atoms in total. The molecule has 25 heavy (non-hydrogen) atoms. The van der Waals surface area contributed by atoms with E-state index in [1.54, 1.807) is 54.2 Å². The van der Waals surface area contributed by atoms with Crippen LogP contribution in [-0.4, -0.2) is 48.8 Å². The SMILES string of the molecule is CN(C)C(=O)[C@H]1CCCN(C(=O)c2ccc(-c3ccccc3F)o2)C1. The highest BCUT2D eigenvalue weighted by molar-refractivity contribution is 5.92. The summed E-state index contributed by atoms with van der Waals surface area (Å²) in [6, 6.07) is 9.42. The summed E-state index contributed by atoms with van der Waals surface area (Å²) in [6.07, 6.45) is 1.55. The molecule has 1 aromatic heterocycles. The Bertz CT molecular complexity index is 784. The first-order valence-electron chi connectivity index (χ1n) is 8.32. The molecule has 1 aliphatic heterocycles. The van der Waals surface area contributed by atoms with E-state index in [-0.39, 0.29) is 23.5 Å². The normalized spacial score (nSPS) is 17.4. The molecule has 0 bridgehead atoms. The summed E-state index contributed by atoms with van der Waals surface area (Å²) in [7, 11) is 3.44. The molecule has 3 rings (SSSR count). The van der Waals surface area contributed by atoms with Crippen molar-refractivity contribution in [3.63, 3.8) is 0 Å². The largest absolute Gasteiger partial charge is 0.451 e. The average molecular weight is 344 g/mol. The molecule has 0 unspecified atom stereocenters. The summed E-state index contributed by atoms with van der Waals surface area (Å²) in [5.74, 6) is -0.336. The summed E-state index contributed by atoms with van der Waals surface area (Å²) >= 11 is 0. The third kappa shape index (κ3) is 3.57. The van der Waals surface area contributed by atoms with Gasteiger partial charge in [-0.05, 0) is 37.1 Å². The lowest BCUT2D eigenvalue weighted by molar-refractivity contribution is -0.134. The molecular weight excluding hydrogens is 323 g/mol. The van der Waals surface area contributed by atoms with Gasteiger partial charge in [0, 0.05) is 27.2 Å². The number of halogens is 1. The number of hydrogen-bond donors (Lipinski definition) is 0. The second-order valence-electron chi connectivity index (χ2n) is 6.47. The van der Waals surface area contributed by atoms with Crippen molar-refractivity contribution < 1.29 is 18.4 Å². The zero-order valence-electron chi connectivity index (χ0n) is 14.4. The van der Waals surface area contributed by atoms with Gasteiger partial charge in [0.15, 0.2) is 5.76 Å². The Kier molecular flexibility index (Phi) is 4.88. The van der Waals surface area contributed by atoms with E-state index in [2.05, 4.69) is 0 Å². The molecule has 2 amide bonds.